The van der Waals surface area contributed by atoms with Crippen LogP contribution in [-0.2, 0) is 0 Å². The minimum absolute atomic E-state index is 0.0275. The lowest BCUT2D eigenvalue weighted by Gasteiger charge is -2.35. The molecule has 0 aromatic carbocycles. The van der Waals surface area contributed by atoms with E-state index in [2.05, 4.69) is 37.1 Å². The van der Waals surface area contributed by atoms with E-state index in [4.69, 9.17) is 5.26 Å². The molecule has 0 aromatic heterocycles. The summed E-state index contributed by atoms with van der Waals surface area (Å²) in [6.07, 6.45) is 2.25. The highest BCUT2D eigenvalue weighted by Crippen LogP contribution is 2.22. The van der Waals surface area contributed by atoms with Gasteiger partial charge in [-0.1, -0.05) is 20.8 Å². The normalized spacial score (nSPS) is 28.6. The molecule has 1 heterocycles. The van der Waals surface area contributed by atoms with E-state index >= 15 is 0 Å². The van der Waals surface area contributed by atoms with Crippen LogP contribution in [0.1, 0.15) is 33.6 Å². The van der Waals surface area contributed by atoms with Crippen molar-refractivity contribution in [3.05, 3.63) is 0 Å². The summed E-state index contributed by atoms with van der Waals surface area (Å²) in [5.41, 5.74) is 0. The van der Waals surface area contributed by atoms with Crippen molar-refractivity contribution in [1.82, 2.24) is 10.2 Å². The van der Waals surface area contributed by atoms with Crippen LogP contribution in [0.15, 0.2) is 0 Å². The summed E-state index contributed by atoms with van der Waals surface area (Å²) in [6.45, 7) is 11.1. The minimum Gasteiger partial charge on any atom is -0.303 e. The number of rotatable bonds is 5. The predicted octanol–water partition coefficient (Wildman–Crippen LogP) is 1.86. The van der Waals surface area contributed by atoms with Gasteiger partial charge in [-0.15, -0.1) is 0 Å². The fourth-order valence-electron chi connectivity index (χ4n) is 2.32. The van der Waals surface area contributed by atoms with Gasteiger partial charge in [0.2, 0.25) is 0 Å². The first-order valence-corrected chi connectivity index (χ1v) is 6.52. The van der Waals surface area contributed by atoms with Gasteiger partial charge in [-0.25, -0.2) is 0 Å². The smallest absolute Gasteiger partial charge is 0.0965 e. The largest absolute Gasteiger partial charge is 0.303 e. The number of hydrogen-bond acceptors (Lipinski definition) is 3. The third-order valence-electron chi connectivity index (χ3n) is 3.76. The molecule has 92 valence electrons. The molecule has 1 rings (SSSR count). The molecule has 1 saturated heterocycles. The Morgan fingerprint density at radius 1 is 1.44 bits per heavy atom. The maximum atomic E-state index is 8.95. The van der Waals surface area contributed by atoms with Crippen LogP contribution in [0.5, 0.6) is 0 Å². The number of likely N-dealkylation sites (tertiary alicyclic amines) is 1. The van der Waals surface area contributed by atoms with Gasteiger partial charge in [0.15, 0.2) is 0 Å². The molecule has 0 aromatic rings. The maximum Gasteiger partial charge on any atom is 0.0965 e. The standard InChI is InChI=1S/C13H25N3/c1-4-15-13(9-14)6-8-16-7-5-11(2)12(3)10-16/h11-13,15H,4-8,10H2,1-3H3. The van der Waals surface area contributed by atoms with E-state index in [1.165, 1.54) is 19.5 Å². The number of nitrogens with zero attached hydrogens (tertiary/aromatic N) is 2. The second-order valence-electron chi connectivity index (χ2n) is 5.07. The van der Waals surface area contributed by atoms with Crippen molar-refractivity contribution < 1.29 is 0 Å². The van der Waals surface area contributed by atoms with Crippen molar-refractivity contribution in [3.63, 3.8) is 0 Å². The van der Waals surface area contributed by atoms with Crippen molar-refractivity contribution in [2.45, 2.75) is 39.7 Å². The van der Waals surface area contributed by atoms with Crippen molar-refractivity contribution in [3.8, 4) is 6.07 Å². The molecule has 3 nitrogen and oxygen atoms in total. The van der Waals surface area contributed by atoms with Crippen LogP contribution in [0.25, 0.3) is 0 Å². The van der Waals surface area contributed by atoms with Gasteiger partial charge < -0.3 is 10.2 Å². The summed E-state index contributed by atoms with van der Waals surface area (Å²) in [4.78, 5) is 2.51. The van der Waals surface area contributed by atoms with E-state index in [1.54, 1.807) is 0 Å². The Morgan fingerprint density at radius 2 is 2.19 bits per heavy atom. The van der Waals surface area contributed by atoms with Gasteiger partial charge in [-0.05, 0) is 37.8 Å². The number of piperidine rings is 1. The van der Waals surface area contributed by atoms with Gasteiger partial charge in [0, 0.05) is 13.1 Å². The molecule has 0 saturated carbocycles. The summed E-state index contributed by atoms with van der Waals surface area (Å²) in [7, 11) is 0. The van der Waals surface area contributed by atoms with Crippen molar-refractivity contribution in [2.24, 2.45) is 11.8 Å². The summed E-state index contributed by atoms with van der Waals surface area (Å²) in [5, 5.41) is 12.2. The molecule has 3 heteroatoms. The molecule has 3 atom stereocenters. The lowest BCUT2D eigenvalue weighted by atomic mass is 9.88. The zero-order valence-corrected chi connectivity index (χ0v) is 10.9. The van der Waals surface area contributed by atoms with Crippen LogP contribution >= 0.6 is 0 Å². The summed E-state index contributed by atoms with van der Waals surface area (Å²) < 4.78 is 0. The van der Waals surface area contributed by atoms with E-state index in [9.17, 15) is 0 Å². The fourth-order valence-corrected chi connectivity index (χ4v) is 2.32. The SMILES string of the molecule is CCNC(C#N)CCN1CCC(C)C(C)C1. The number of nitrogens with one attached hydrogen (secondary N) is 1. The molecule has 1 fully saturated rings. The molecule has 0 amide bonds. The maximum absolute atomic E-state index is 8.95. The molecule has 1 N–H and O–H groups in total. The van der Waals surface area contributed by atoms with Crippen LogP contribution in [0.2, 0.25) is 0 Å². The van der Waals surface area contributed by atoms with Gasteiger partial charge in [0.25, 0.3) is 0 Å². The van der Waals surface area contributed by atoms with E-state index < -0.39 is 0 Å². The fraction of sp³-hybridized carbons (Fsp3) is 0.923. The van der Waals surface area contributed by atoms with Crippen molar-refractivity contribution in [1.29, 1.82) is 5.26 Å². The van der Waals surface area contributed by atoms with Gasteiger partial charge in [0.05, 0.1) is 12.1 Å². The average Bonchev–Trinajstić information content (AvgIpc) is 2.28. The molecule has 16 heavy (non-hydrogen) atoms. The van der Waals surface area contributed by atoms with Gasteiger partial charge in [-0.2, -0.15) is 5.26 Å². The van der Waals surface area contributed by atoms with Crippen molar-refractivity contribution >= 4 is 0 Å². The third kappa shape index (κ3) is 4.11. The first kappa shape index (κ1) is 13.5. The molecule has 1 aliphatic rings. The molecule has 3 unspecified atom stereocenters. The van der Waals surface area contributed by atoms with Crippen LogP contribution in [0, 0.1) is 23.2 Å². The quantitative estimate of drug-likeness (QED) is 0.773. The molecule has 0 spiro atoms. The highest BCUT2D eigenvalue weighted by molar-refractivity contribution is 4.90. The Morgan fingerprint density at radius 3 is 2.75 bits per heavy atom. The first-order chi connectivity index (χ1) is 7.67. The van der Waals surface area contributed by atoms with Crippen LogP contribution in [0.4, 0.5) is 0 Å². The third-order valence-corrected chi connectivity index (χ3v) is 3.76. The molecule has 0 aliphatic carbocycles. The predicted molar refractivity (Wildman–Crippen MR) is 67.1 cm³/mol. The Hall–Kier alpha value is -0.590. The van der Waals surface area contributed by atoms with E-state index in [0.29, 0.717) is 0 Å². The highest BCUT2D eigenvalue weighted by Gasteiger charge is 2.22. The monoisotopic (exact) mass is 223 g/mol. The molecule has 1 aliphatic heterocycles. The van der Waals surface area contributed by atoms with Crippen LogP contribution < -0.4 is 5.32 Å². The zero-order valence-electron chi connectivity index (χ0n) is 10.9. The van der Waals surface area contributed by atoms with E-state index in [0.717, 1.165) is 31.3 Å². The number of nitriles is 1. The Labute approximate surface area is 99.8 Å². The minimum atomic E-state index is 0.0275. The lowest BCUT2D eigenvalue weighted by Crippen LogP contribution is -2.41. The molecular formula is C13H25N3. The average molecular weight is 223 g/mol. The highest BCUT2D eigenvalue weighted by atomic mass is 15.1. The zero-order chi connectivity index (χ0) is 12.0. The first-order valence-electron chi connectivity index (χ1n) is 6.52. The lowest BCUT2D eigenvalue weighted by molar-refractivity contribution is 0.135. The molecule has 0 bridgehead atoms. The van der Waals surface area contributed by atoms with Crippen LogP contribution in [0.3, 0.4) is 0 Å². The van der Waals surface area contributed by atoms with Gasteiger partial charge in [0.1, 0.15) is 0 Å². The summed E-state index contributed by atoms with van der Waals surface area (Å²) >= 11 is 0. The topological polar surface area (TPSA) is 39.1 Å². The Balaban J connectivity index is 2.25. The van der Waals surface area contributed by atoms with Gasteiger partial charge >= 0.3 is 0 Å². The molecular weight excluding hydrogens is 198 g/mol. The molecule has 0 radical (unpaired) electrons. The van der Waals surface area contributed by atoms with E-state index in [-0.39, 0.29) is 6.04 Å². The summed E-state index contributed by atoms with van der Waals surface area (Å²) in [6, 6.07) is 2.35. The Kier molecular flexibility index (Phi) is 5.79. The Bertz CT molecular complexity index is 234. The van der Waals surface area contributed by atoms with Gasteiger partial charge in [-0.3, -0.25) is 0 Å². The number of hydrogen-bond donors (Lipinski definition) is 1. The summed E-state index contributed by atoms with van der Waals surface area (Å²) in [5.74, 6) is 1.66. The van der Waals surface area contributed by atoms with Crippen molar-refractivity contribution in [2.75, 3.05) is 26.2 Å². The second-order valence-corrected chi connectivity index (χ2v) is 5.07. The second kappa shape index (κ2) is 6.88. The van der Waals surface area contributed by atoms with E-state index in [1.807, 2.05) is 0 Å². The van der Waals surface area contributed by atoms with Crippen LogP contribution in [-0.4, -0.2) is 37.1 Å².